The molecule has 0 aliphatic carbocycles. The molecule has 0 saturated carbocycles. The Balaban J connectivity index is 1.84. The number of rotatable bonds is 5. The molecule has 2 rings (SSSR count). The van der Waals surface area contributed by atoms with E-state index in [1.165, 1.54) is 0 Å². The van der Waals surface area contributed by atoms with Crippen LogP contribution in [0.2, 0.25) is 0 Å². The Kier molecular flexibility index (Phi) is 4.23. The van der Waals surface area contributed by atoms with Gasteiger partial charge in [-0.1, -0.05) is 0 Å². The zero-order chi connectivity index (χ0) is 12.1. The lowest BCUT2D eigenvalue weighted by molar-refractivity contribution is 0.124. The normalized spacial score (nSPS) is 21.4. The molecule has 0 spiro atoms. The van der Waals surface area contributed by atoms with Crippen LogP contribution in [-0.4, -0.2) is 36.5 Å². The third kappa shape index (κ3) is 3.35. The van der Waals surface area contributed by atoms with Crippen LogP contribution >= 0.6 is 0 Å². The lowest BCUT2D eigenvalue weighted by Crippen LogP contribution is -2.26. The van der Waals surface area contributed by atoms with Gasteiger partial charge in [0, 0.05) is 12.5 Å². The average molecular weight is 237 g/mol. The SMILES string of the molecule is OCC(COc1ccc(O)cc1)C1CCNC1. The highest BCUT2D eigenvalue weighted by Gasteiger charge is 2.24. The minimum atomic E-state index is 0.157. The molecule has 0 bridgehead atoms. The number of phenolic OH excluding ortho intramolecular Hbond substituents is 1. The first-order valence-electron chi connectivity index (χ1n) is 6.03. The van der Waals surface area contributed by atoms with Crippen molar-refractivity contribution in [1.82, 2.24) is 5.32 Å². The van der Waals surface area contributed by atoms with E-state index >= 15 is 0 Å². The van der Waals surface area contributed by atoms with Crippen LogP contribution in [0.3, 0.4) is 0 Å². The van der Waals surface area contributed by atoms with Crippen molar-refractivity contribution in [3.05, 3.63) is 24.3 Å². The summed E-state index contributed by atoms with van der Waals surface area (Å²) in [5.41, 5.74) is 0. The van der Waals surface area contributed by atoms with Crippen molar-refractivity contribution in [2.24, 2.45) is 11.8 Å². The minimum Gasteiger partial charge on any atom is -0.508 e. The predicted octanol–water partition coefficient (Wildman–Crippen LogP) is 0.989. The minimum absolute atomic E-state index is 0.157. The third-order valence-corrected chi connectivity index (χ3v) is 3.30. The van der Waals surface area contributed by atoms with Crippen LogP contribution in [0.4, 0.5) is 0 Å². The summed E-state index contributed by atoms with van der Waals surface area (Å²) in [5, 5.41) is 21.8. The smallest absolute Gasteiger partial charge is 0.119 e. The standard InChI is InChI=1S/C13H19NO3/c15-8-11(10-5-6-14-7-10)9-17-13-3-1-12(16)2-4-13/h1-4,10-11,14-16H,5-9H2. The van der Waals surface area contributed by atoms with E-state index in [-0.39, 0.29) is 18.3 Å². The zero-order valence-corrected chi connectivity index (χ0v) is 9.80. The number of aromatic hydroxyl groups is 1. The number of hydrogen-bond donors (Lipinski definition) is 3. The summed E-state index contributed by atoms with van der Waals surface area (Å²) in [6.07, 6.45) is 1.10. The monoisotopic (exact) mass is 237 g/mol. The van der Waals surface area contributed by atoms with Gasteiger partial charge in [0.05, 0.1) is 6.61 Å². The lowest BCUT2D eigenvalue weighted by atomic mass is 9.93. The molecule has 1 saturated heterocycles. The fraction of sp³-hybridized carbons (Fsp3) is 0.538. The van der Waals surface area contributed by atoms with Crippen LogP contribution in [0.15, 0.2) is 24.3 Å². The molecule has 2 atom stereocenters. The molecule has 4 heteroatoms. The zero-order valence-electron chi connectivity index (χ0n) is 9.80. The Morgan fingerprint density at radius 3 is 2.71 bits per heavy atom. The van der Waals surface area contributed by atoms with E-state index in [1.807, 2.05) is 0 Å². The maximum atomic E-state index is 9.36. The molecule has 1 fully saturated rings. The van der Waals surface area contributed by atoms with E-state index in [4.69, 9.17) is 9.84 Å². The molecular weight excluding hydrogens is 218 g/mol. The number of aliphatic hydroxyl groups excluding tert-OH is 1. The van der Waals surface area contributed by atoms with Gasteiger partial charge in [-0.2, -0.15) is 0 Å². The average Bonchev–Trinajstić information content (AvgIpc) is 2.86. The second-order valence-electron chi connectivity index (χ2n) is 4.50. The van der Waals surface area contributed by atoms with Crippen LogP contribution in [0.1, 0.15) is 6.42 Å². The first-order chi connectivity index (χ1) is 8.29. The van der Waals surface area contributed by atoms with E-state index in [0.717, 1.165) is 25.3 Å². The Bertz CT molecular complexity index is 333. The fourth-order valence-corrected chi connectivity index (χ4v) is 2.16. The molecule has 94 valence electrons. The number of hydrogen-bond acceptors (Lipinski definition) is 4. The van der Waals surface area contributed by atoms with Crippen molar-refractivity contribution in [3.63, 3.8) is 0 Å². The summed E-state index contributed by atoms with van der Waals surface area (Å²) >= 11 is 0. The lowest BCUT2D eigenvalue weighted by Gasteiger charge is -2.20. The van der Waals surface area contributed by atoms with Gasteiger partial charge in [-0.3, -0.25) is 0 Å². The largest absolute Gasteiger partial charge is 0.508 e. The van der Waals surface area contributed by atoms with E-state index < -0.39 is 0 Å². The second kappa shape index (κ2) is 5.89. The molecule has 4 nitrogen and oxygen atoms in total. The van der Waals surface area contributed by atoms with E-state index in [9.17, 15) is 5.11 Å². The van der Waals surface area contributed by atoms with Crippen LogP contribution in [0.5, 0.6) is 11.5 Å². The number of benzene rings is 1. The van der Waals surface area contributed by atoms with Gasteiger partial charge in [-0.25, -0.2) is 0 Å². The molecule has 0 radical (unpaired) electrons. The molecule has 1 heterocycles. The summed E-state index contributed by atoms with van der Waals surface area (Å²) in [7, 11) is 0. The summed E-state index contributed by atoms with van der Waals surface area (Å²) in [6.45, 7) is 2.67. The van der Waals surface area contributed by atoms with Gasteiger partial charge in [0.2, 0.25) is 0 Å². The van der Waals surface area contributed by atoms with Crippen molar-refractivity contribution >= 4 is 0 Å². The second-order valence-corrected chi connectivity index (χ2v) is 4.50. The third-order valence-electron chi connectivity index (χ3n) is 3.30. The molecular formula is C13H19NO3. The predicted molar refractivity (Wildman–Crippen MR) is 65.2 cm³/mol. The van der Waals surface area contributed by atoms with Gasteiger partial charge in [-0.15, -0.1) is 0 Å². The van der Waals surface area contributed by atoms with Crippen molar-refractivity contribution in [3.8, 4) is 11.5 Å². The molecule has 2 unspecified atom stereocenters. The molecule has 1 aliphatic heterocycles. The van der Waals surface area contributed by atoms with Crippen molar-refractivity contribution in [1.29, 1.82) is 0 Å². The molecule has 3 N–H and O–H groups in total. The van der Waals surface area contributed by atoms with Gasteiger partial charge in [0.25, 0.3) is 0 Å². The number of ether oxygens (including phenoxy) is 1. The van der Waals surface area contributed by atoms with Crippen molar-refractivity contribution in [2.75, 3.05) is 26.3 Å². The Morgan fingerprint density at radius 2 is 2.12 bits per heavy atom. The Hall–Kier alpha value is -1.26. The van der Waals surface area contributed by atoms with Crippen LogP contribution in [-0.2, 0) is 0 Å². The fourth-order valence-electron chi connectivity index (χ4n) is 2.16. The molecule has 17 heavy (non-hydrogen) atoms. The van der Waals surface area contributed by atoms with E-state index in [0.29, 0.717) is 12.5 Å². The molecule has 1 aromatic carbocycles. The summed E-state index contributed by atoms with van der Waals surface area (Å²) in [5.74, 6) is 1.64. The van der Waals surface area contributed by atoms with Crippen molar-refractivity contribution in [2.45, 2.75) is 6.42 Å². The first-order valence-corrected chi connectivity index (χ1v) is 6.03. The topological polar surface area (TPSA) is 61.7 Å². The summed E-state index contributed by atoms with van der Waals surface area (Å²) in [4.78, 5) is 0. The molecule has 1 aliphatic rings. The molecule has 0 amide bonds. The maximum absolute atomic E-state index is 9.36. The van der Waals surface area contributed by atoms with Crippen LogP contribution in [0, 0.1) is 11.8 Å². The van der Waals surface area contributed by atoms with Gasteiger partial charge in [-0.05, 0) is 49.7 Å². The van der Waals surface area contributed by atoms with Crippen LogP contribution in [0.25, 0.3) is 0 Å². The summed E-state index contributed by atoms with van der Waals surface area (Å²) < 4.78 is 5.63. The van der Waals surface area contributed by atoms with Crippen LogP contribution < -0.4 is 10.1 Å². The summed E-state index contributed by atoms with van der Waals surface area (Å²) in [6, 6.07) is 6.66. The number of aliphatic hydroxyl groups is 1. The highest BCUT2D eigenvalue weighted by molar-refractivity contribution is 5.30. The van der Waals surface area contributed by atoms with Crippen molar-refractivity contribution < 1.29 is 14.9 Å². The van der Waals surface area contributed by atoms with E-state index in [2.05, 4.69) is 5.32 Å². The Morgan fingerprint density at radius 1 is 1.35 bits per heavy atom. The molecule has 1 aromatic rings. The van der Waals surface area contributed by atoms with Gasteiger partial charge < -0.3 is 20.3 Å². The molecule has 0 aromatic heterocycles. The van der Waals surface area contributed by atoms with Gasteiger partial charge in [0.15, 0.2) is 0 Å². The van der Waals surface area contributed by atoms with Gasteiger partial charge >= 0.3 is 0 Å². The van der Waals surface area contributed by atoms with Gasteiger partial charge in [0.1, 0.15) is 11.5 Å². The number of phenols is 1. The Labute approximate surface area is 101 Å². The highest BCUT2D eigenvalue weighted by Crippen LogP contribution is 2.21. The maximum Gasteiger partial charge on any atom is 0.119 e. The highest BCUT2D eigenvalue weighted by atomic mass is 16.5. The quantitative estimate of drug-likeness (QED) is 0.714. The number of nitrogens with one attached hydrogen (secondary N) is 1. The first kappa shape index (κ1) is 12.2. The van der Waals surface area contributed by atoms with E-state index in [1.54, 1.807) is 24.3 Å².